The minimum absolute atomic E-state index is 0.222. The summed E-state index contributed by atoms with van der Waals surface area (Å²) in [6, 6.07) is -0.864. The van der Waals surface area contributed by atoms with Crippen molar-refractivity contribution < 1.29 is 26.5 Å². The highest BCUT2D eigenvalue weighted by atomic mass is 19.4. The molecule has 0 bridgehead atoms. The predicted molar refractivity (Wildman–Crippen MR) is 46.0 cm³/mol. The lowest BCUT2D eigenvalue weighted by Gasteiger charge is -2.14. The standard InChI is InChI=1S/C8H10F5N3O/c1-3(2)4(14)5-15-6(17-16-5)7(9,10)8(11,12)13/h3-4H,14H2,1-2H3. The third-order valence-corrected chi connectivity index (χ3v) is 2.08. The Kier molecular flexibility index (Phi) is 3.42. The van der Waals surface area contributed by atoms with Crippen molar-refractivity contribution in [2.45, 2.75) is 32.0 Å². The minimum atomic E-state index is -5.78. The van der Waals surface area contributed by atoms with Crippen LogP contribution < -0.4 is 5.73 Å². The van der Waals surface area contributed by atoms with Crippen LogP contribution in [0.15, 0.2) is 4.52 Å². The normalized spacial score (nSPS) is 15.4. The molecular weight excluding hydrogens is 249 g/mol. The van der Waals surface area contributed by atoms with Crippen molar-refractivity contribution in [1.29, 1.82) is 0 Å². The highest BCUT2D eigenvalue weighted by Crippen LogP contribution is 2.43. The van der Waals surface area contributed by atoms with Gasteiger partial charge in [-0.3, -0.25) is 0 Å². The van der Waals surface area contributed by atoms with Crippen LogP contribution in [0.5, 0.6) is 0 Å². The number of hydrogen-bond donors (Lipinski definition) is 1. The van der Waals surface area contributed by atoms with Gasteiger partial charge in [0.2, 0.25) is 0 Å². The number of aromatic nitrogens is 2. The first kappa shape index (κ1) is 13.8. The fourth-order valence-electron chi connectivity index (χ4n) is 0.917. The van der Waals surface area contributed by atoms with E-state index in [4.69, 9.17) is 5.73 Å². The number of rotatable bonds is 3. The van der Waals surface area contributed by atoms with Gasteiger partial charge in [0, 0.05) is 0 Å². The van der Waals surface area contributed by atoms with Crippen LogP contribution in [0.3, 0.4) is 0 Å². The van der Waals surface area contributed by atoms with Crippen molar-refractivity contribution >= 4 is 0 Å². The Hall–Kier alpha value is -1.25. The topological polar surface area (TPSA) is 64.9 Å². The van der Waals surface area contributed by atoms with Gasteiger partial charge in [-0.05, 0) is 5.92 Å². The molecule has 0 spiro atoms. The van der Waals surface area contributed by atoms with Gasteiger partial charge in [-0.25, -0.2) is 0 Å². The molecule has 2 N–H and O–H groups in total. The van der Waals surface area contributed by atoms with Gasteiger partial charge in [0.25, 0.3) is 0 Å². The van der Waals surface area contributed by atoms with E-state index in [0.717, 1.165) is 0 Å². The molecule has 0 fully saturated rings. The average Bonchev–Trinajstić information content (AvgIpc) is 2.63. The zero-order valence-electron chi connectivity index (χ0n) is 8.92. The van der Waals surface area contributed by atoms with Crippen LogP contribution in [-0.4, -0.2) is 16.3 Å². The molecule has 1 unspecified atom stereocenters. The Bertz CT molecular complexity index is 387. The van der Waals surface area contributed by atoms with E-state index >= 15 is 0 Å². The van der Waals surface area contributed by atoms with E-state index in [0.29, 0.717) is 0 Å². The maximum atomic E-state index is 12.8. The first-order chi connectivity index (χ1) is 7.57. The summed E-state index contributed by atoms with van der Waals surface area (Å²) in [7, 11) is 0. The van der Waals surface area contributed by atoms with Crippen LogP contribution >= 0.6 is 0 Å². The second-order valence-corrected chi connectivity index (χ2v) is 3.80. The van der Waals surface area contributed by atoms with Crippen molar-refractivity contribution in [2.24, 2.45) is 11.7 Å². The Morgan fingerprint density at radius 3 is 2.12 bits per heavy atom. The zero-order chi connectivity index (χ0) is 13.4. The summed E-state index contributed by atoms with van der Waals surface area (Å²) in [4.78, 5) is 3.00. The number of nitrogens with zero attached hydrogens (tertiary/aromatic N) is 2. The fourth-order valence-corrected chi connectivity index (χ4v) is 0.917. The molecule has 17 heavy (non-hydrogen) atoms. The molecule has 98 valence electrons. The van der Waals surface area contributed by atoms with Crippen molar-refractivity contribution in [2.75, 3.05) is 0 Å². The lowest BCUT2D eigenvalue weighted by atomic mass is 10.1. The highest BCUT2D eigenvalue weighted by molar-refractivity contribution is 5.01. The van der Waals surface area contributed by atoms with Crippen LogP contribution in [0, 0.1) is 5.92 Å². The minimum Gasteiger partial charge on any atom is -0.332 e. The van der Waals surface area contributed by atoms with Crippen molar-refractivity contribution in [3.63, 3.8) is 0 Å². The number of hydrogen-bond acceptors (Lipinski definition) is 4. The lowest BCUT2D eigenvalue weighted by Crippen LogP contribution is -2.34. The third kappa shape index (κ3) is 2.54. The molecule has 0 aliphatic rings. The summed E-state index contributed by atoms with van der Waals surface area (Å²) >= 11 is 0. The van der Waals surface area contributed by atoms with Crippen molar-refractivity contribution in [3.8, 4) is 0 Å². The third-order valence-electron chi connectivity index (χ3n) is 2.08. The van der Waals surface area contributed by atoms with Gasteiger partial charge in [-0.15, -0.1) is 0 Å². The second kappa shape index (κ2) is 4.21. The highest BCUT2D eigenvalue weighted by Gasteiger charge is 2.63. The van der Waals surface area contributed by atoms with Crippen LogP contribution in [0.1, 0.15) is 31.6 Å². The molecular formula is C8H10F5N3O. The first-order valence-electron chi connectivity index (χ1n) is 4.61. The molecule has 0 saturated heterocycles. The monoisotopic (exact) mass is 259 g/mol. The van der Waals surface area contributed by atoms with Crippen LogP contribution in [0.25, 0.3) is 0 Å². The van der Waals surface area contributed by atoms with E-state index < -0.39 is 24.0 Å². The molecule has 1 rings (SSSR count). The quantitative estimate of drug-likeness (QED) is 0.846. The van der Waals surface area contributed by atoms with E-state index in [-0.39, 0.29) is 11.7 Å². The summed E-state index contributed by atoms with van der Waals surface area (Å²) in [5, 5.41) is 3.03. The van der Waals surface area contributed by atoms with E-state index in [9.17, 15) is 22.0 Å². The largest absolute Gasteiger partial charge is 0.463 e. The summed E-state index contributed by atoms with van der Waals surface area (Å²) < 4.78 is 65.4. The number of alkyl halides is 5. The Morgan fingerprint density at radius 1 is 1.18 bits per heavy atom. The molecule has 0 amide bonds. The summed E-state index contributed by atoms with van der Waals surface area (Å²) in [5.41, 5.74) is 5.49. The maximum Gasteiger partial charge on any atom is 0.463 e. The van der Waals surface area contributed by atoms with E-state index in [1.807, 2.05) is 0 Å². The van der Waals surface area contributed by atoms with E-state index in [1.165, 1.54) is 0 Å². The van der Waals surface area contributed by atoms with Gasteiger partial charge in [-0.2, -0.15) is 26.9 Å². The Morgan fingerprint density at radius 2 is 1.71 bits per heavy atom. The molecule has 1 atom stereocenters. The summed E-state index contributed by atoms with van der Waals surface area (Å²) in [5.74, 6) is -7.57. The molecule has 1 aromatic rings. The van der Waals surface area contributed by atoms with Crippen LogP contribution in [0.4, 0.5) is 22.0 Å². The zero-order valence-corrected chi connectivity index (χ0v) is 8.92. The van der Waals surface area contributed by atoms with Gasteiger partial charge in [-0.1, -0.05) is 19.0 Å². The smallest absolute Gasteiger partial charge is 0.332 e. The molecule has 4 nitrogen and oxygen atoms in total. The van der Waals surface area contributed by atoms with E-state index in [1.54, 1.807) is 13.8 Å². The van der Waals surface area contributed by atoms with Gasteiger partial charge in [0.1, 0.15) is 0 Å². The van der Waals surface area contributed by atoms with Crippen LogP contribution in [-0.2, 0) is 5.92 Å². The lowest BCUT2D eigenvalue weighted by molar-refractivity contribution is -0.298. The van der Waals surface area contributed by atoms with E-state index in [2.05, 4.69) is 14.7 Å². The summed E-state index contributed by atoms with van der Waals surface area (Å²) in [6.07, 6.45) is -5.78. The number of halogens is 5. The van der Waals surface area contributed by atoms with Gasteiger partial charge in [0.05, 0.1) is 6.04 Å². The molecule has 0 aliphatic heterocycles. The molecule has 9 heteroatoms. The second-order valence-electron chi connectivity index (χ2n) is 3.80. The van der Waals surface area contributed by atoms with Gasteiger partial charge < -0.3 is 10.3 Å². The SMILES string of the molecule is CC(C)C(N)c1noc(C(F)(F)C(F)(F)F)n1. The molecule has 1 heterocycles. The van der Waals surface area contributed by atoms with Crippen molar-refractivity contribution in [1.82, 2.24) is 10.1 Å². The van der Waals surface area contributed by atoms with Crippen molar-refractivity contribution in [3.05, 3.63) is 11.7 Å². The maximum absolute atomic E-state index is 12.8. The molecule has 0 aliphatic carbocycles. The van der Waals surface area contributed by atoms with Crippen LogP contribution in [0.2, 0.25) is 0 Å². The fraction of sp³-hybridized carbons (Fsp3) is 0.750. The Balaban J connectivity index is 3.04. The average molecular weight is 259 g/mol. The van der Waals surface area contributed by atoms with Gasteiger partial charge in [0.15, 0.2) is 5.82 Å². The van der Waals surface area contributed by atoms with Gasteiger partial charge >= 0.3 is 18.0 Å². The predicted octanol–water partition coefficient (Wildman–Crippen LogP) is 2.38. The summed E-state index contributed by atoms with van der Waals surface area (Å²) in [6.45, 7) is 3.28. The Labute approximate surface area is 93.0 Å². The molecule has 0 radical (unpaired) electrons. The first-order valence-corrected chi connectivity index (χ1v) is 4.61. The number of nitrogens with two attached hydrogens (primary N) is 1. The molecule has 0 aromatic carbocycles. The molecule has 0 saturated carbocycles. The molecule has 1 aromatic heterocycles.